The van der Waals surface area contributed by atoms with Crippen LogP contribution >= 0.6 is 23.4 Å². The van der Waals surface area contributed by atoms with E-state index in [-0.39, 0.29) is 6.61 Å². The third-order valence-corrected chi connectivity index (χ3v) is 3.18. The Morgan fingerprint density at radius 3 is 2.89 bits per heavy atom. The van der Waals surface area contributed by atoms with Gasteiger partial charge in [-0.2, -0.15) is 0 Å². The molecule has 0 radical (unpaired) electrons. The summed E-state index contributed by atoms with van der Waals surface area (Å²) in [4.78, 5) is 12.3. The number of nitrogen functional groups attached to an aromatic ring is 1. The van der Waals surface area contributed by atoms with E-state index in [1.807, 2.05) is 6.07 Å². The van der Waals surface area contributed by atoms with Gasteiger partial charge in [0.05, 0.1) is 12.3 Å². The second-order valence-electron chi connectivity index (χ2n) is 3.50. The molecule has 18 heavy (non-hydrogen) atoms. The lowest BCUT2D eigenvalue weighted by molar-refractivity contribution is 0.281. The SMILES string of the molecule is Nc1cc(Cl)nc(SCc2cc(CO)ccn2)n1. The number of halogens is 1. The Balaban J connectivity index is 2.06. The van der Waals surface area contributed by atoms with Crippen LogP contribution in [0.5, 0.6) is 0 Å². The third-order valence-electron chi connectivity index (χ3n) is 2.11. The molecule has 0 spiro atoms. The first-order valence-electron chi connectivity index (χ1n) is 5.15. The second-order valence-corrected chi connectivity index (χ2v) is 4.83. The molecular formula is C11H11ClN4OS. The second kappa shape index (κ2) is 5.99. The van der Waals surface area contributed by atoms with Gasteiger partial charge in [-0.15, -0.1) is 0 Å². The van der Waals surface area contributed by atoms with Crippen LogP contribution in [0.1, 0.15) is 11.3 Å². The third kappa shape index (κ3) is 3.56. The molecule has 0 atom stereocenters. The molecule has 0 aromatic carbocycles. The molecular weight excluding hydrogens is 272 g/mol. The predicted octanol–water partition coefficient (Wildman–Crippen LogP) is 1.89. The minimum Gasteiger partial charge on any atom is -0.392 e. The summed E-state index contributed by atoms with van der Waals surface area (Å²) in [6.45, 7) is 0.000794. The highest BCUT2D eigenvalue weighted by Crippen LogP contribution is 2.21. The van der Waals surface area contributed by atoms with E-state index < -0.39 is 0 Å². The van der Waals surface area contributed by atoms with Gasteiger partial charge in [-0.1, -0.05) is 23.4 Å². The molecule has 0 amide bonds. The maximum atomic E-state index is 9.03. The van der Waals surface area contributed by atoms with Crippen LogP contribution in [-0.4, -0.2) is 20.1 Å². The number of hydrogen-bond acceptors (Lipinski definition) is 6. The van der Waals surface area contributed by atoms with Crippen LogP contribution in [0, 0.1) is 0 Å². The zero-order valence-corrected chi connectivity index (χ0v) is 10.9. The van der Waals surface area contributed by atoms with Crippen molar-refractivity contribution in [1.29, 1.82) is 0 Å². The van der Waals surface area contributed by atoms with E-state index in [4.69, 9.17) is 22.4 Å². The van der Waals surface area contributed by atoms with Crippen LogP contribution in [0.15, 0.2) is 29.6 Å². The highest BCUT2D eigenvalue weighted by molar-refractivity contribution is 7.98. The Hall–Kier alpha value is -1.37. The van der Waals surface area contributed by atoms with Crippen molar-refractivity contribution in [2.24, 2.45) is 0 Å². The minimum absolute atomic E-state index is 0.000794. The van der Waals surface area contributed by atoms with E-state index >= 15 is 0 Å². The molecule has 2 heterocycles. The Labute approximate surface area is 113 Å². The molecule has 7 heteroatoms. The molecule has 0 saturated heterocycles. The maximum Gasteiger partial charge on any atom is 0.191 e. The average molecular weight is 283 g/mol. The summed E-state index contributed by atoms with van der Waals surface area (Å²) in [7, 11) is 0. The summed E-state index contributed by atoms with van der Waals surface area (Å²) in [6.07, 6.45) is 1.66. The van der Waals surface area contributed by atoms with Gasteiger partial charge >= 0.3 is 0 Å². The van der Waals surface area contributed by atoms with E-state index in [0.29, 0.717) is 21.9 Å². The molecule has 5 nitrogen and oxygen atoms in total. The van der Waals surface area contributed by atoms with E-state index in [0.717, 1.165) is 11.3 Å². The summed E-state index contributed by atoms with van der Waals surface area (Å²) in [5, 5.41) is 9.86. The van der Waals surface area contributed by atoms with Crippen molar-refractivity contribution in [3.8, 4) is 0 Å². The highest BCUT2D eigenvalue weighted by Gasteiger charge is 2.04. The normalized spacial score (nSPS) is 10.6. The summed E-state index contributed by atoms with van der Waals surface area (Å²) in [5.41, 5.74) is 7.24. The standard InChI is InChI=1S/C11H11ClN4OS/c12-9-4-10(13)16-11(15-9)18-6-8-3-7(5-17)1-2-14-8/h1-4,17H,5-6H2,(H2,13,15,16). The van der Waals surface area contributed by atoms with Crippen LogP contribution in [-0.2, 0) is 12.4 Å². The lowest BCUT2D eigenvalue weighted by atomic mass is 10.2. The molecule has 0 fully saturated rings. The van der Waals surface area contributed by atoms with Gasteiger partial charge in [0.1, 0.15) is 11.0 Å². The van der Waals surface area contributed by atoms with Crippen LogP contribution in [0.25, 0.3) is 0 Å². The number of pyridine rings is 1. The van der Waals surface area contributed by atoms with Crippen LogP contribution in [0.3, 0.4) is 0 Å². The van der Waals surface area contributed by atoms with Crippen molar-refractivity contribution in [3.05, 3.63) is 40.8 Å². The zero-order chi connectivity index (χ0) is 13.0. The van der Waals surface area contributed by atoms with E-state index in [1.165, 1.54) is 17.8 Å². The average Bonchev–Trinajstić information content (AvgIpc) is 2.35. The van der Waals surface area contributed by atoms with Crippen LogP contribution in [0.2, 0.25) is 5.15 Å². The van der Waals surface area contributed by atoms with Crippen molar-refractivity contribution >= 4 is 29.2 Å². The number of aliphatic hydroxyl groups is 1. The van der Waals surface area contributed by atoms with Gasteiger partial charge < -0.3 is 10.8 Å². The number of nitrogens with two attached hydrogens (primary N) is 1. The van der Waals surface area contributed by atoms with Gasteiger partial charge in [-0.3, -0.25) is 4.98 Å². The molecule has 0 unspecified atom stereocenters. The molecule has 0 bridgehead atoms. The summed E-state index contributed by atoms with van der Waals surface area (Å²) in [5.74, 6) is 0.933. The number of aliphatic hydroxyl groups excluding tert-OH is 1. The van der Waals surface area contributed by atoms with Crippen molar-refractivity contribution < 1.29 is 5.11 Å². The predicted molar refractivity (Wildman–Crippen MR) is 71.2 cm³/mol. The quantitative estimate of drug-likeness (QED) is 0.506. The Morgan fingerprint density at radius 2 is 2.17 bits per heavy atom. The molecule has 2 aromatic heterocycles. The van der Waals surface area contributed by atoms with Gasteiger partial charge in [0.25, 0.3) is 0 Å². The Kier molecular flexibility index (Phi) is 4.35. The fourth-order valence-electron chi connectivity index (χ4n) is 1.32. The molecule has 94 valence electrons. The van der Waals surface area contributed by atoms with Crippen LogP contribution in [0.4, 0.5) is 5.82 Å². The molecule has 2 rings (SSSR count). The van der Waals surface area contributed by atoms with Crippen molar-refractivity contribution in [2.45, 2.75) is 17.5 Å². The van der Waals surface area contributed by atoms with Crippen molar-refractivity contribution in [3.63, 3.8) is 0 Å². The van der Waals surface area contributed by atoms with Gasteiger partial charge in [0, 0.05) is 18.0 Å². The van der Waals surface area contributed by atoms with E-state index in [9.17, 15) is 0 Å². The first kappa shape index (κ1) is 13.1. The summed E-state index contributed by atoms with van der Waals surface area (Å²) in [6, 6.07) is 5.10. The molecule has 2 aromatic rings. The number of rotatable bonds is 4. The first-order valence-corrected chi connectivity index (χ1v) is 6.51. The largest absolute Gasteiger partial charge is 0.392 e. The fraction of sp³-hybridized carbons (Fsp3) is 0.182. The highest BCUT2D eigenvalue weighted by atomic mass is 35.5. The van der Waals surface area contributed by atoms with E-state index in [2.05, 4.69) is 15.0 Å². The molecule has 0 saturated carbocycles. The van der Waals surface area contributed by atoms with Gasteiger partial charge in [-0.05, 0) is 17.7 Å². The number of thioether (sulfide) groups is 1. The molecule has 0 aliphatic heterocycles. The smallest absolute Gasteiger partial charge is 0.191 e. The Bertz CT molecular complexity index is 532. The van der Waals surface area contributed by atoms with Crippen molar-refractivity contribution in [1.82, 2.24) is 15.0 Å². The van der Waals surface area contributed by atoms with Gasteiger partial charge in [0.15, 0.2) is 5.16 Å². The fourth-order valence-corrected chi connectivity index (χ4v) is 2.33. The topological polar surface area (TPSA) is 84.9 Å². The number of hydrogen-bond donors (Lipinski definition) is 2. The molecule has 3 N–H and O–H groups in total. The van der Waals surface area contributed by atoms with E-state index in [1.54, 1.807) is 12.3 Å². The van der Waals surface area contributed by atoms with Gasteiger partial charge in [0.2, 0.25) is 0 Å². The number of anilines is 1. The zero-order valence-electron chi connectivity index (χ0n) is 9.38. The summed E-state index contributed by atoms with van der Waals surface area (Å²) < 4.78 is 0. The lowest BCUT2D eigenvalue weighted by Crippen LogP contribution is -1.96. The number of nitrogens with zero attached hydrogens (tertiary/aromatic N) is 3. The van der Waals surface area contributed by atoms with Crippen molar-refractivity contribution in [2.75, 3.05) is 5.73 Å². The van der Waals surface area contributed by atoms with Gasteiger partial charge in [-0.25, -0.2) is 9.97 Å². The monoisotopic (exact) mass is 282 g/mol. The van der Waals surface area contributed by atoms with Crippen LogP contribution < -0.4 is 5.73 Å². The summed E-state index contributed by atoms with van der Waals surface area (Å²) >= 11 is 7.18. The Morgan fingerprint density at radius 1 is 1.33 bits per heavy atom. The molecule has 0 aliphatic rings. The first-order chi connectivity index (χ1) is 8.67. The molecule has 0 aliphatic carbocycles. The number of aromatic nitrogens is 3. The maximum absolute atomic E-state index is 9.03. The lowest BCUT2D eigenvalue weighted by Gasteiger charge is -2.03. The minimum atomic E-state index is 0.000794.